The Morgan fingerprint density at radius 2 is 0.875 bits per heavy atom. The van der Waals surface area contributed by atoms with Crippen molar-refractivity contribution in [3.63, 3.8) is 0 Å². The average molecular weight is 179 g/mol. The van der Waals surface area contributed by atoms with E-state index in [0.29, 0.717) is 0 Å². The molecule has 0 amide bonds. The molecule has 0 aliphatic carbocycles. The molecule has 0 unspecified atom stereocenters. The van der Waals surface area contributed by atoms with Crippen molar-refractivity contribution >= 4 is 72.6 Å². The predicted molar refractivity (Wildman–Crippen MR) is 38.9 cm³/mol. The summed E-state index contributed by atoms with van der Waals surface area (Å²) in [6.45, 7) is 0. The molecule has 0 aromatic heterocycles. The summed E-state index contributed by atoms with van der Waals surface area (Å²) < 4.78 is 0. The van der Waals surface area contributed by atoms with Crippen LogP contribution in [0.3, 0.4) is 0 Å². The van der Waals surface area contributed by atoms with E-state index >= 15 is 0 Å². The first-order valence-electron chi connectivity index (χ1n) is 0.894. The van der Waals surface area contributed by atoms with E-state index in [4.69, 9.17) is 19.2 Å². The fraction of sp³-hybridized carbons (Fsp3) is 0. The van der Waals surface area contributed by atoms with Crippen LogP contribution in [0.15, 0.2) is 0 Å². The molecule has 3 radical (unpaired) electrons. The third kappa shape index (κ3) is 103. The van der Waals surface area contributed by atoms with Crippen LogP contribution in [-0.2, 0) is 0 Å². The summed E-state index contributed by atoms with van der Waals surface area (Å²) in [5, 5.41) is 0. The van der Waals surface area contributed by atoms with E-state index in [1.54, 1.807) is 0 Å². The predicted octanol–water partition coefficient (Wildman–Crippen LogP) is -5.09. The normalized spacial score (nSPS) is 7.50. The molecule has 0 bridgehead atoms. The topological polar surface area (TPSA) is 80.9 Å². The quantitative estimate of drug-likeness (QED) is 0.280. The molecule has 0 aromatic carbocycles. The van der Waals surface area contributed by atoms with Gasteiger partial charge in [0.1, 0.15) is 0 Å². The molecule has 45 valence electrons. The Morgan fingerprint density at radius 1 is 0.875 bits per heavy atom. The van der Waals surface area contributed by atoms with Crippen LogP contribution in [0.4, 0.5) is 0 Å². The fourth-order valence-electron chi connectivity index (χ4n) is 0. The number of hydrogen-bond donors (Lipinski definition) is 4. The molecule has 0 fully saturated rings. The Labute approximate surface area is 90.7 Å². The first kappa shape index (κ1) is 22.5. The maximum absolute atomic E-state index is 7.33. The summed E-state index contributed by atoms with van der Waals surface area (Å²) in [5.41, 5.74) is 0. The van der Waals surface area contributed by atoms with Crippen molar-refractivity contribution in [3.8, 4) is 0 Å². The molecular formula is H9AlBCaO4Si. The third-order valence-corrected chi connectivity index (χ3v) is 0. The van der Waals surface area contributed by atoms with E-state index in [1.807, 2.05) is 0 Å². The van der Waals surface area contributed by atoms with Gasteiger partial charge in [0.25, 0.3) is 0 Å². The summed E-state index contributed by atoms with van der Waals surface area (Å²) in [5.74, 6) is 0. The van der Waals surface area contributed by atoms with Gasteiger partial charge in [0.05, 0.1) is 0 Å². The molecule has 0 aliphatic rings. The summed E-state index contributed by atoms with van der Waals surface area (Å²) in [4.78, 5) is 29.3. The average Bonchev–Trinajstić information content (AvgIpc) is 0.722. The van der Waals surface area contributed by atoms with Crippen molar-refractivity contribution < 1.29 is 19.2 Å². The van der Waals surface area contributed by atoms with E-state index in [0.717, 1.165) is 0 Å². The second-order valence-electron chi connectivity index (χ2n) is 0.600. The molecule has 0 aliphatic heterocycles. The van der Waals surface area contributed by atoms with Gasteiger partial charge in [0.2, 0.25) is 0 Å². The number of hydrogen-bond acceptors (Lipinski definition) is 4. The molecule has 0 saturated heterocycles. The SMILES string of the molecule is O[Si](O)(O)O.[AlH3].[B].[CaH2]. The van der Waals surface area contributed by atoms with E-state index in [2.05, 4.69) is 0 Å². The molecule has 0 atom stereocenters. The molecule has 0 spiro atoms. The van der Waals surface area contributed by atoms with Crippen LogP contribution in [0.2, 0.25) is 0 Å². The third-order valence-electron chi connectivity index (χ3n) is 0. The Balaban J connectivity index is -0.0000000267. The zero-order valence-electron chi connectivity index (χ0n) is 2.87. The first-order valence-corrected chi connectivity index (χ1v) is 2.68. The Morgan fingerprint density at radius 3 is 0.875 bits per heavy atom. The van der Waals surface area contributed by atoms with Crippen LogP contribution in [0.25, 0.3) is 0 Å². The van der Waals surface area contributed by atoms with Crippen LogP contribution >= 0.6 is 0 Å². The number of rotatable bonds is 0. The molecular weight excluding hydrogens is 170 g/mol. The van der Waals surface area contributed by atoms with Crippen molar-refractivity contribution in [3.05, 3.63) is 0 Å². The van der Waals surface area contributed by atoms with Gasteiger partial charge in [0, 0.05) is 8.41 Å². The van der Waals surface area contributed by atoms with Gasteiger partial charge in [-0.05, 0) is 0 Å². The van der Waals surface area contributed by atoms with Crippen LogP contribution in [0, 0.1) is 0 Å². The Hall–Kier alpha value is 1.91. The molecule has 0 heterocycles. The van der Waals surface area contributed by atoms with E-state index in [-0.39, 0.29) is 63.5 Å². The summed E-state index contributed by atoms with van der Waals surface area (Å²) >= 11 is 0. The Bertz CT molecular complexity index is 31.5. The fourth-order valence-corrected chi connectivity index (χ4v) is 0. The van der Waals surface area contributed by atoms with Crippen LogP contribution < -0.4 is 0 Å². The Kier molecular flexibility index (Phi) is 25.1. The van der Waals surface area contributed by atoms with Crippen LogP contribution in [0.5, 0.6) is 0 Å². The monoisotopic (exact) mass is 179 g/mol. The van der Waals surface area contributed by atoms with Gasteiger partial charge >= 0.3 is 46.8 Å². The second-order valence-corrected chi connectivity index (χ2v) is 1.80. The molecule has 4 nitrogen and oxygen atoms in total. The van der Waals surface area contributed by atoms with Crippen molar-refractivity contribution in [2.45, 2.75) is 0 Å². The molecule has 0 aromatic rings. The van der Waals surface area contributed by atoms with Gasteiger partial charge in [-0.2, -0.15) is 0 Å². The van der Waals surface area contributed by atoms with Crippen molar-refractivity contribution in [1.82, 2.24) is 0 Å². The van der Waals surface area contributed by atoms with Crippen molar-refractivity contribution in [2.75, 3.05) is 0 Å². The van der Waals surface area contributed by atoms with Gasteiger partial charge in [-0.25, -0.2) is 0 Å². The molecule has 0 rings (SSSR count). The van der Waals surface area contributed by atoms with Crippen LogP contribution in [0.1, 0.15) is 0 Å². The molecule has 4 N–H and O–H groups in total. The zero-order chi connectivity index (χ0) is 4.50. The van der Waals surface area contributed by atoms with Crippen LogP contribution in [-0.4, -0.2) is 91.7 Å². The summed E-state index contributed by atoms with van der Waals surface area (Å²) in [6.07, 6.45) is 0. The van der Waals surface area contributed by atoms with Crippen molar-refractivity contribution in [1.29, 1.82) is 0 Å². The van der Waals surface area contributed by atoms with E-state index in [1.165, 1.54) is 0 Å². The van der Waals surface area contributed by atoms with Gasteiger partial charge in [0.15, 0.2) is 17.4 Å². The summed E-state index contributed by atoms with van der Waals surface area (Å²) in [6, 6.07) is 0. The zero-order valence-corrected chi connectivity index (χ0v) is 3.87. The van der Waals surface area contributed by atoms with E-state index in [9.17, 15) is 0 Å². The minimum atomic E-state index is -4.61. The molecule has 8 heavy (non-hydrogen) atoms. The first-order chi connectivity index (χ1) is 2.00. The second kappa shape index (κ2) is 8.91. The minimum absolute atomic E-state index is 0. The standard InChI is InChI=1S/Al.B.Ca.H4O4Si.5H/c;;;1-5(2,3)4;;;;;/h;;;1-4H;;;;;. The van der Waals surface area contributed by atoms with E-state index < -0.39 is 9.05 Å². The van der Waals surface area contributed by atoms with Gasteiger partial charge < -0.3 is 19.2 Å². The van der Waals surface area contributed by atoms with Gasteiger partial charge in [-0.15, -0.1) is 0 Å². The molecule has 0 saturated carbocycles. The van der Waals surface area contributed by atoms with Gasteiger partial charge in [-0.3, -0.25) is 0 Å². The van der Waals surface area contributed by atoms with Crippen molar-refractivity contribution in [2.24, 2.45) is 0 Å². The van der Waals surface area contributed by atoms with Gasteiger partial charge in [-0.1, -0.05) is 0 Å². The maximum atomic E-state index is 7.33. The molecule has 8 heteroatoms. The summed E-state index contributed by atoms with van der Waals surface area (Å²) in [7, 11) is -4.61.